The van der Waals surface area contributed by atoms with Crippen LogP contribution in [0.15, 0.2) is 18.2 Å². The van der Waals surface area contributed by atoms with Crippen molar-refractivity contribution in [1.29, 1.82) is 0 Å². The topological polar surface area (TPSA) is 46.1 Å². The first-order valence-electron chi connectivity index (χ1n) is 5.00. The molecule has 76 valence electrons. The van der Waals surface area contributed by atoms with E-state index in [0.29, 0.717) is 0 Å². The lowest BCUT2D eigenvalue weighted by molar-refractivity contribution is -0.420. The minimum atomic E-state index is 0.284. The fourth-order valence-corrected chi connectivity index (χ4v) is 1.49. The van der Waals surface area contributed by atoms with Crippen molar-refractivity contribution in [2.75, 3.05) is 13.2 Å². The highest BCUT2D eigenvalue weighted by Gasteiger charge is 2.12. The Hall–Kier alpha value is -1.22. The SMILES string of the molecule is C[C@@H]([NH3+])c1ccc2c(c1)OCCCO2. The molecule has 0 saturated heterocycles. The molecule has 3 nitrogen and oxygen atoms in total. The summed E-state index contributed by atoms with van der Waals surface area (Å²) in [5, 5.41) is 0. The third-order valence-corrected chi connectivity index (χ3v) is 2.34. The van der Waals surface area contributed by atoms with Gasteiger partial charge in [-0.2, -0.15) is 0 Å². The first-order chi connectivity index (χ1) is 6.77. The molecule has 0 bridgehead atoms. The molecular formula is C11H16NO2+. The molecule has 14 heavy (non-hydrogen) atoms. The number of hydrogen-bond donors (Lipinski definition) is 1. The van der Waals surface area contributed by atoms with Crippen LogP contribution in [-0.4, -0.2) is 13.2 Å². The summed E-state index contributed by atoms with van der Waals surface area (Å²) in [6, 6.07) is 6.33. The zero-order valence-corrected chi connectivity index (χ0v) is 8.45. The fraction of sp³-hybridized carbons (Fsp3) is 0.455. The monoisotopic (exact) mass is 194 g/mol. The van der Waals surface area contributed by atoms with Crippen LogP contribution in [0.1, 0.15) is 24.9 Å². The zero-order valence-electron chi connectivity index (χ0n) is 8.45. The molecule has 1 aliphatic rings. The number of hydrogen-bond acceptors (Lipinski definition) is 2. The summed E-state index contributed by atoms with van der Waals surface area (Å²) in [4.78, 5) is 0. The Morgan fingerprint density at radius 1 is 1.21 bits per heavy atom. The molecule has 1 aliphatic heterocycles. The van der Waals surface area contributed by atoms with Crippen LogP contribution < -0.4 is 15.2 Å². The maximum absolute atomic E-state index is 5.59. The van der Waals surface area contributed by atoms with Crippen LogP contribution >= 0.6 is 0 Å². The fourth-order valence-electron chi connectivity index (χ4n) is 1.49. The second-order valence-electron chi connectivity index (χ2n) is 3.66. The van der Waals surface area contributed by atoms with E-state index in [1.54, 1.807) is 0 Å². The van der Waals surface area contributed by atoms with E-state index in [-0.39, 0.29) is 6.04 Å². The van der Waals surface area contributed by atoms with Gasteiger partial charge in [0.05, 0.1) is 13.2 Å². The first-order valence-corrected chi connectivity index (χ1v) is 5.00. The van der Waals surface area contributed by atoms with Crippen molar-refractivity contribution in [3.8, 4) is 11.5 Å². The van der Waals surface area contributed by atoms with Gasteiger partial charge in [-0.05, 0) is 25.1 Å². The summed E-state index contributed by atoms with van der Waals surface area (Å²) in [7, 11) is 0. The summed E-state index contributed by atoms with van der Waals surface area (Å²) in [5.74, 6) is 1.71. The van der Waals surface area contributed by atoms with Crippen molar-refractivity contribution in [2.24, 2.45) is 0 Å². The average Bonchev–Trinajstić information content (AvgIpc) is 2.41. The van der Waals surface area contributed by atoms with Crippen LogP contribution in [0, 0.1) is 0 Å². The Kier molecular flexibility index (Phi) is 2.59. The summed E-state index contributed by atoms with van der Waals surface area (Å²) in [6.07, 6.45) is 0.948. The highest BCUT2D eigenvalue weighted by atomic mass is 16.5. The Labute approximate surface area is 83.8 Å². The smallest absolute Gasteiger partial charge is 0.161 e. The molecule has 0 aliphatic carbocycles. The van der Waals surface area contributed by atoms with E-state index >= 15 is 0 Å². The van der Waals surface area contributed by atoms with Gasteiger partial charge in [0.15, 0.2) is 11.5 Å². The minimum Gasteiger partial charge on any atom is -0.490 e. The first kappa shape index (κ1) is 9.34. The third kappa shape index (κ3) is 1.82. The number of fused-ring (bicyclic) bond motifs is 1. The Morgan fingerprint density at radius 2 is 1.93 bits per heavy atom. The third-order valence-electron chi connectivity index (χ3n) is 2.34. The molecule has 0 spiro atoms. The van der Waals surface area contributed by atoms with Gasteiger partial charge in [0.1, 0.15) is 6.04 Å². The number of quaternary nitrogens is 1. The predicted octanol–water partition coefficient (Wildman–Crippen LogP) is 1.15. The van der Waals surface area contributed by atoms with Crippen molar-refractivity contribution < 1.29 is 15.2 Å². The highest BCUT2D eigenvalue weighted by molar-refractivity contribution is 5.43. The maximum Gasteiger partial charge on any atom is 0.161 e. The average molecular weight is 194 g/mol. The van der Waals surface area contributed by atoms with Gasteiger partial charge in [-0.3, -0.25) is 0 Å². The summed E-state index contributed by atoms with van der Waals surface area (Å²) in [6.45, 7) is 3.55. The van der Waals surface area contributed by atoms with Crippen molar-refractivity contribution in [3.05, 3.63) is 23.8 Å². The molecule has 1 heterocycles. The second-order valence-corrected chi connectivity index (χ2v) is 3.66. The standard InChI is InChI=1S/C11H15NO2/c1-8(12)9-3-4-10-11(7-9)14-6-2-5-13-10/h3-4,7-8H,2,5-6,12H2,1H3/p+1/t8-/m1/s1. The summed E-state index contributed by atoms with van der Waals surface area (Å²) >= 11 is 0. The Morgan fingerprint density at radius 3 is 2.64 bits per heavy atom. The molecule has 0 fully saturated rings. The van der Waals surface area contributed by atoms with Crippen LogP contribution in [0.2, 0.25) is 0 Å². The number of ether oxygens (including phenoxy) is 2. The van der Waals surface area contributed by atoms with Crippen LogP contribution in [0.4, 0.5) is 0 Å². The quantitative estimate of drug-likeness (QED) is 0.729. The van der Waals surface area contributed by atoms with Crippen LogP contribution in [0.3, 0.4) is 0 Å². The van der Waals surface area contributed by atoms with E-state index in [1.165, 1.54) is 5.56 Å². The largest absolute Gasteiger partial charge is 0.490 e. The van der Waals surface area contributed by atoms with Gasteiger partial charge >= 0.3 is 0 Å². The van der Waals surface area contributed by atoms with Gasteiger partial charge in [-0.15, -0.1) is 0 Å². The molecule has 0 amide bonds. The lowest BCUT2D eigenvalue weighted by Crippen LogP contribution is -2.51. The van der Waals surface area contributed by atoms with Crippen LogP contribution in [-0.2, 0) is 0 Å². The molecular weight excluding hydrogens is 178 g/mol. The van der Waals surface area contributed by atoms with Gasteiger partial charge in [0, 0.05) is 12.0 Å². The Bertz CT molecular complexity index is 323. The van der Waals surface area contributed by atoms with Gasteiger partial charge in [-0.1, -0.05) is 0 Å². The number of rotatable bonds is 1. The highest BCUT2D eigenvalue weighted by Crippen LogP contribution is 2.31. The summed E-state index contributed by atoms with van der Waals surface area (Å²) < 4.78 is 11.1. The van der Waals surface area contributed by atoms with Crippen LogP contribution in [0.5, 0.6) is 11.5 Å². The van der Waals surface area contributed by atoms with Gasteiger partial charge in [0.2, 0.25) is 0 Å². The molecule has 3 heteroatoms. The van der Waals surface area contributed by atoms with E-state index in [1.807, 2.05) is 18.2 Å². The molecule has 2 rings (SSSR count). The molecule has 1 atom stereocenters. The van der Waals surface area contributed by atoms with Crippen LogP contribution in [0.25, 0.3) is 0 Å². The molecule has 0 saturated carbocycles. The lowest BCUT2D eigenvalue weighted by Gasteiger charge is -2.09. The normalized spacial score (nSPS) is 17.3. The molecule has 0 unspecified atom stereocenters. The van der Waals surface area contributed by atoms with Gasteiger partial charge < -0.3 is 15.2 Å². The molecule has 3 N–H and O–H groups in total. The molecule has 1 aromatic rings. The van der Waals surface area contributed by atoms with Crippen molar-refractivity contribution in [1.82, 2.24) is 0 Å². The van der Waals surface area contributed by atoms with E-state index in [0.717, 1.165) is 31.1 Å². The zero-order chi connectivity index (χ0) is 9.97. The summed E-state index contributed by atoms with van der Waals surface area (Å²) in [5.41, 5.74) is 5.17. The second kappa shape index (κ2) is 3.88. The van der Waals surface area contributed by atoms with Gasteiger partial charge in [-0.25, -0.2) is 0 Å². The molecule has 0 radical (unpaired) electrons. The van der Waals surface area contributed by atoms with E-state index < -0.39 is 0 Å². The number of benzene rings is 1. The maximum atomic E-state index is 5.59. The minimum absolute atomic E-state index is 0.284. The van der Waals surface area contributed by atoms with Crippen molar-refractivity contribution in [2.45, 2.75) is 19.4 Å². The van der Waals surface area contributed by atoms with Crippen molar-refractivity contribution >= 4 is 0 Å². The Balaban J connectivity index is 2.32. The lowest BCUT2D eigenvalue weighted by atomic mass is 10.1. The van der Waals surface area contributed by atoms with E-state index in [4.69, 9.17) is 9.47 Å². The van der Waals surface area contributed by atoms with E-state index in [2.05, 4.69) is 12.7 Å². The van der Waals surface area contributed by atoms with E-state index in [9.17, 15) is 0 Å². The van der Waals surface area contributed by atoms with Crippen molar-refractivity contribution in [3.63, 3.8) is 0 Å². The van der Waals surface area contributed by atoms with Gasteiger partial charge in [0.25, 0.3) is 0 Å². The molecule has 1 aromatic carbocycles. The predicted molar refractivity (Wildman–Crippen MR) is 53.4 cm³/mol. The molecule has 0 aromatic heterocycles.